The van der Waals surface area contributed by atoms with Crippen LogP contribution in [0.15, 0.2) is 54.6 Å². The second-order valence-electron chi connectivity index (χ2n) is 5.99. The van der Waals surface area contributed by atoms with Crippen LogP contribution in [0.4, 0.5) is 5.69 Å². The molecule has 0 fully saturated rings. The SMILES string of the molecule is C[C@H](OC(=O)c1ccc2ccccc2n1)C(=O)Nc1ccc2c(c1)OCO2. The molecule has 136 valence electrons. The van der Waals surface area contributed by atoms with Crippen molar-refractivity contribution in [3.63, 3.8) is 0 Å². The van der Waals surface area contributed by atoms with Crippen molar-refractivity contribution in [1.82, 2.24) is 4.98 Å². The van der Waals surface area contributed by atoms with Gasteiger partial charge in [-0.2, -0.15) is 0 Å². The standard InChI is InChI=1S/C20H16N2O5/c1-12(19(23)21-14-7-9-17-18(10-14)26-11-25-17)27-20(24)16-8-6-13-4-2-3-5-15(13)22-16/h2-10,12H,11H2,1H3,(H,21,23)/t12-/m0/s1. The van der Waals surface area contributed by atoms with Crippen molar-refractivity contribution < 1.29 is 23.8 Å². The van der Waals surface area contributed by atoms with Crippen LogP contribution in [0.25, 0.3) is 10.9 Å². The number of esters is 1. The number of benzene rings is 2. The number of aromatic nitrogens is 1. The summed E-state index contributed by atoms with van der Waals surface area (Å²) in [4.78, 5) is 28.9. The predicted octanol–water partition coefficient (Wildman–Crippen LogP) is 3.15. The van der Waals surface area contributed by atoms with E-state index in [9.17, 15) is 9.59 Å². The first-order valence-corrected chi connectivity index (χ1v) is 8.37. The fourth-order valence-corrected chi connectivity index (χ4v) is 2.67. The minimum absolute atomic E-state index is 0.149. The van der Waals surface area contributed by atoms with Crippen molar-refractivity contribution >= 4 is 28.5 Å². The number of fused-ring (bicyclic) bond motifs is 2. The number of hydrogen-bond donors (Lipinski definition) is 1. The Bertz CT molecular complexity index is 1030. The summed E-state index contributed by atoms with van der Waals surface area (Å²) in [5.74, 6) is 0.0600. The lowest BCUT2D eigenvalue weighted by Gasteiger charge is -2.13. The van der Waals surface area contributed by atoms with Crippen molar-refractivity contribution in [2.24, 2.45) is 0 Å². The summed E-state index contributed by atoms with van der Waals surface area (Å²) in [6, 6.07) is 15.8. The summed E-state index contributed by atoms with van der Waals surface area (Å²) >= 11 is 0. The monoisotopic (exact) mass is 364 g/mol. The van der Waals surface area contributed by atoms with Crippen LogP contribution in [0, 0.1) is 0 Å². The summed E-state index contributed by atoms with van der Waals surface area (Å²) < 4.78 is 15.7. The molecule has 1 atom stereocenters. The van der Waals surface area contributed by atoms with Gasteiger partial charge >= 0.3 is 5.97 Å². The number of para-hydroxylation sites is 1. The quantitative estimate of drug-likeness (QED) is 0.716. The largest absolute Gasteiger partial charge is 0.454 e. The van der Waals surface area contributed by atoms with Crippen LogP contribution < -0.4 is 14.8 Å². The second kappa shape index (κ2) is 6.95. The molecule has 1 aliphatic heterocycles. The third-order valence-corrected chi connectivity index (χ3v) is 4.10. The molecule has 0 unspecified atom stereocenters. The molecular formula is C20H16N2O5. The van der Waals surface area contributed by atoms with Crippen LogP contribution in [0.1, 0.15) is 17.4 Å². The van der Waals surface area contributed by atoms with Crippen LogP contribution >= 0.6 is 0 Å². The third-order valence-electron chi connectivity index (χ3n) is 4.10. The highest BCUT2D eigenvalue weighted by Crippen LogP contribution is 2.34. The number of anilines is 1. The van der Waals surface area contributed by atoms with Gasteiger partial charge in [0.1, 0.15) is 5.69 Å². The van der Waals surface area contributed by atoms with Crippen LogP contribution in [-0.4, -0.2) is 29.8 Å². The van der Waals surface area contributed by atoms with Gasteiger partial charge in [-0.1, -0.05) is 24.3 Å². The lowest BCUT2D eigenvalue weighted by molar-refractivity contribution is -0.123. The molecule has 4 rings (SSSR count). The number of ether oxygens (including phenoxy) is 3. The van der Waals surface area contributed by atoms with E-state index < -0.39 is 18.0 Å². The number of carbonyl (C=O) groups is 2. The summed E-state index contributed by atoms with van der Waals surface area (Å²) in [5.41, 5.74) is 1.36. The highest BCUT2D eigenvalue weighted by Gasteiger charge is 2.21. The average molecular weight is 364 g/mol. The van der Waals surface area contributed by atoms with Crippen molar-refractivity contribution in [3.8, 4) is 11.5 Å². The van der Waals surface area contributed by atoms with Crippen LogP contribution in [0.5, 0.6) is 11.5 Å². The molecule has 0 saturated heterocycles. The van der Waals surface area contributed by atoms with Crippen LogP contribution in [0.2, 0.25) is 0 Å². The van der Waals surface area contributed by atoms with Crippen molar-refractivity contribution in [2.75, 3.05) is 12.1 Å². The van der Waals surface area contributed by atoms with Gasteiger partial charge in [-0.25, -0.2) is 9.78 Å². The van der Waals surface area contributed by atoms with Crippen molar-refractivity contribution in [3.05, 3.63) is 60.3 Å². The zero-order chi connectivity index (χ0) is 18.8. The maximum absolute atomic E-state index is 12.3. The summed E-state index contributed by atoms with van der Waals surface area (Å²) in [6.45, 7) is 1.65. The van der Waals surface area contributed by atoms with Gasteiger partial charge in [0.25, 0.3) is 5.91 Å². The number of pyridine rings is 1. The van der Waals surface area contributed by atoms with Gasteiger partial charge in [-0.3, -0.25) is 4.79 Å². The van der Waals surface area contributed by atoms with E-state index in [0.717, 1.165) is 5.39 Å². The molecule has 0 radical (unpaired) electrons. The van der Waals surface area contributed by atoms with Crippen molar-refractivity contribution in [1.29, 1.82) is 0 Å². The molecule has 7 heteroatoms. The Hall–Kier alpha value is -3.61. The van der Waals surface area contributed by atoms with Gasteiger partial charge in [-0.05, 0) is 31.2 Å². The average Bonchev–Trinajstić information content (AvgIpc) is 3.15. The van der Waals surface area contributed by atoms with Crippen LogP contribution in [0.3, 0.4) is 0 Å². The zero-order valence-electron chi connectivity index (χ0n) is 14.5. The van der Waals surface area contributed by atoms with Gasteiger partial charge in [0.05, 0.1) is 5.52 Å². The summed E-state index contributed by atoms with van der Waals surface area (Å²) in [7, 11) is 0. The summed E-state index contributed by atoms with van der Waals surface area (Å²) in [6.07, 6.45) is -0.990. The third kappa shape index (κ3) is 3.52. The molecule has 1 N–H and O–H groups in total. The molecule has 2 aromatic carbocycles. The molecule has 0 aliphatic carbocycles. The minimum Gasteiger partial charge on any atom is -0.454 e. The number of nitrogens with one attached hydrogen (secondary N) is 1. The first kappa shape index (κ1) is 16.8. The number of nitrogens with zero attached hydrogens (tertiary/aromatic N) is 1. The Kier molecular flexibility index (Phi) is 4.33. The topological polar surface area (TPSA) is 86.8 Å². The molecule has 27 heavy (non-hydrogen) atoms. The maximum atomic E-state index is 12.3. The lowest BCUT2D eigenvalue weighted by atomic mass is 10.2. The minimum atomic E-state index is -0.990. The van der Waals surface area contributed by atoms with Gasteiger partial charge in [0.2, 0.25) is 6.79 Å². The van der Waals surface area contributed by atoms with E-state index in [1.807, 2.05) is 24.3 Å². The molecule has 1 amide bonds. The molecule has 1 aliphatic rings. The fraction of sp³-hybridized carbons (Fsp3) is 0.150. The van der Waals surface area contributed by atoms with E-state index in [1.165, 1.54) is 6.92 Å². The number of carbonyl (C=O) groups excluding carboxylic acids is 2. The van der Waals surface area contributed by atoms with Gasteiger partial charge in [0.15, 0.2) is 17.6 Å². The first-order chi connectivity index (χ1) is 13.1. The first-order valence-electron chi connectivity index (χ1n) is 8.37. The predicted molar refractivity (Wildman–Crippen MR) is 97.8 cm³/mol. The van der Waals surface area contributed by atoms with Gasteiger partial charge in [0, 0.05) is 17.1 Å². The van der Waals surface area contributed by atoms with E-state index in [1.54, 1.807) is 30.3 Å². The summed E-state index contributed by atoms with van der Waals surface area (Å²) in [5, 5.41) is 3.60. The molecule has 0 bridgehead atoms. The Morgan fingerprint density at radius 3 is 2.78 bits per heavy atom. The van der Waals surface area contributed by atoms with E-state index >= 15 is 0 Å². The van der Waals surface area contributed by atoms with Gasteiger partial charge in [-0.15, -0.1) is 0 Å². The fourth-order valence-electron chi connectivity index (χ4n) is 2.67. The molecule has 0 saturated carbocycles. The molecule has 1 aromatic heterocycles. The highest BCUT2D eigenvalue weighted by molar-refractivity contribution is 5.97. The Morgan fingerprint density at radius 2 is 1.89 bits per heavy atom. The normalized spacial score (nSPS) is 13.2. The maximum Gasteiger partial charge on any atom is 0.357 e. The molecule has 2 heterocycles. The second-order valence-corrected chi connectivity index (χ2v) is 5.99. The molecule has 0 spiro atoms. The molecule has 3 aromatic rings. The lowest BCUT2D eigenvalue weighted by Crippen LogP contribution is -2.30. The molecule has 7 nitrogen and oxygen atoms in total. The van der Waals surface area contributed by atoms with Crippen LogP contribution in [-0.2, 0) is 9.53 Å². The number of amides is 1. The van der Waals surface area contributed by atoms with Crippen molar-refractivity contribution in [2.45, 2.75) is 13.0 Å². The van der Waals surface area contributed by atoms with E-state index in [4.69, 9.17) is 14.2 Å². The Labute approximate surface area is 154 Å². The zero-order valence-corrected chi connectivity index (χ0v) is 14.5. The van der Waals surface area contributed by atoms with E-state index in [2.05, 4.69) is 10.3 Å². The Morgan fingerprint density at radius 1 is 1.07 bits per heavy atom. The highest BCUT2D eigenvalue weighted by atomic mass is 16.7. The van der Waals surface area contributed by atoms with Gasteiger partial charge < -0.3 is 19.5 Å². The number of rotatable bonds is 4. The van der Waals surface area contributed by atoms with E-state index in [-0.39, 0.29) is 12.5 Å². The molecular weight excluding hydrogens is 348 g/mol. The number of hydrogen-bond acceptors (Lipinski definition) is 6. The smallest absolute Gasteiger partial charge is 0.357 e. The Balaban J connectivity index is 1.42. The van der Waals surface area contributed by atoms with E-state index in [0.29, 0.717) is 22.7 Å².